The Labute approximate surface area is 93.9 Å². The number of pyridine rings is 1. The van der Waals surface area contributed by atoms with Crippen molar-refractivity contribution in [3.63, 3.8) is 0 Å². The van der Waals surface area contributed by atoms with E-state index in [1.165, 1.54) is 19.3 Å². The molecule has 1 aliphatic heterocycles. The normalized spacial score (nSPS) is 16.9. The first-order chi connectivity index (χ1) is 7.83. The van der Waals surface area contributed by atoms with E-state index in [0.717, 1.165) is 24.7 Å². The van der Waals surface area contributed by atoms with Crippen molar-refractivity contribution in [1.82, 2.24) is 14.6 Å². The van der Waals surface area contributed by atoms with Crippen LogP contribution in [0.4, 0.5) is 11.6 Å². The SMILES string of the molecule is Nc1ccc2nc(N3CCCCC3)nn2c1. The highest BCUT2D eigenvalue weighted by molar-refractivity contribution is 5.50. The van der Waals surface area contributed by atoms with Crippen LogP contribution in [-0.2, 0) is 0 Å². The smallest absolute Gasteiger partial charge is 0.245 e. The number of fused-ring (bicyclic) bond motifs is 1. The van der Waals surface area contributed by atoms with Gasteiger partial charge >= 0.3 is 0 Å². The van der Waals surface area contributed by atoms with Crippen LogP contribution in [0.3, 0.4) is 0 Å². The van der Waals surface area contributed by atoms with Gasteiger partial charge in [0.25, 0.3) is 0 Å². The van der Waals surface area contributed by atoms with Gasteiger partial charge in [-0.05, 0) is 31.4 Å². The monoisotopic (exact) mass is 217 g/mol. The maximum atomic E-state index is 5.71. The van der Waals surface area contributed by atoms with Gasteiger partial charge in [0.05, 0.1) is 11.9 Å². The van der Waals surface area contributed by atoms with E-state index < -0.39 is 0 Å². The Bertz CT molecular complexity index is 498. The van der Waals surface area contributed by atoms with Crippen LogP contribution in [0.1, 0.15) is 19.3 Å². The molecule has 5 heteroatoms. The lowest BCUT2D eigenvalue weighted by atomic mass is 10.1. The van der Waals surface area contributed by atoms with Crippen LogP contribution in [0, 0.1) is 0 Å². The van der Waals surface area contributed by atoms with Crippen molar-refractivity contribution in [3.8, 4) is 0 Å². The Hall–Kier alpha value is -1.78. The Morgan fingerprint density at radius 3 is 2.75 bits per heavy atom. The van der Waals surface area contributed by atoms with Gasteiger partial charge in [-0.2, -0.15) is 4.98 Å². The molecule has 5 nitrogen and oxygen atoms in total. The molecule has 0 radical (unpaired) electrons. The topological polar surface area (TPSA) is 59.5 Å². The molecule has 0 spiro atoms. The van der Waals surface area contributed by atoms with Crippen molar-refractivity contribution in [2.24, 2.45) is 0 Å². The molecule has 3 rings (SSSR count). The summed E-state index contributed by atoms with van der Waals surface area (Å²) in [5.41, 5.74) is 7.28. The average Bonchev–Trinajstić information content (AvgIpc) is 2.73. The standard InChI is InChI=1S/C11H15N5/c12-9-4-5-10-13-11(14-16(10)8-9)15-6-2-1-3-7-15/h4-5,8H,1-3,6-7,12H2. The van der Waals surface area contributed by atoms with E-state index in [0.29, 0.717) is 5.69 Å². The average molecular weight is 217 g/mol. The van der Waals surface area contributed by atoms with Crippen LogP contribution >= 0.6 is 0 Å². The first kappa shape index (κ1) is 9.45. The molecule has 2 aromatic rings. The maximum Gasteiger partial charge on any atom is 0.245 e. The molecule has 1 saturated heterocycles. The Kier molecular flexibility index (Phi) is 2.16. The fraction of sp³-hybridized carbons (Fsp3) is 0.455. The first-order valence-electron chi connectivity index (χ1n) is 5.70. The Morgan fingerprint density at radius 2 is 1.94 bits per heavy atom. The number of nitrogens with two attached hydrogens (primary N) is 1. The third-order valence-electron chi connectivity index (χ3n) is 2.98. The largest absolute Gasteiger partial charge is 0.397 e. The quantitative estimate of drug-likeness (QED) is 0.782. The summed E-state index contributed by atoms with van der Waals surface area (Å²) in [6.45, 7) is 2.12. The van der Waals surface area contributed by atoms with Crippen molar-refractivity contribution in [2.75, 3.05) is 23.7 Å². The first-order valence-corrected chi connectivity index (χ1v) is 5.70. The van der Waals surface area contributed by atoms with Crippen molar-refractivity contribution < 1.29 is 0 Å². The summed E-state index contributed by atoms with van der Waals surface area (Å²) < 4.78 is 1.75. The highest BCUT2D eigenvalue weighted by Crippen LogP contribution is 2.17. The van der Waals surface area contributed by atoms with Crippen LogP contribution < -0.4 is 10.6 Å². The van der Waals surface area contributed by atoms with Gasteiger partial charge in [0.1, 0.15) is 0 Å². The number of nitrogen functional groups attached to an aromatic ring is 1. The maximum absolute atomic E-state index is 5.71. The van der Waals surface area contributed by atoms with E-state index >= 15 is 0 Å². The van der Waals surface area contributed by atoms with Gasteiger partial charge in [0.15, 0.2) is 5.65 Å². The summed E-state index contributed by atoms with van der Waals surface area (Å²) in [4.78, 5) is 6.74. The molecular weight excluding hydrogens is 202 g/mol. The molecule has 0 saturated carbocycles. The lowest BCUT2D eigenvalue weighted by Crippen LogP contribution is -2.30. The molecule has 0 amide bonds. The highest BCUT2D eigenvalue weighted by Gasteiger charge is 2.15. The van der Waals surface area contributed by atoms with E-state index in [2.05, 4.69) is 15.0 Å². The zero-order chi connectivity index (χ0) is 11.0. The van der Waals surface area contributed by atoms with E-state index in [9.17, 15) is 0 Å². The second kappa shape index (κ2) is 3.66. The van der Waals surface area contributed by atoms with E-state index in [1.54, 1.807) is 10.7 Å². The second-order valence-electron chi connectivity index (χ2n) is 4.22. The summed E-state index contributed by atoms with van der Waals surface area (Å²) in [6.07, 6.45) is 5.59. The predicted octanol–water partition coefficient (Wildman–Crippen LogP) is 1.30. The molecular formula is C11H15N5. The minimum absolute atomic E-state index is 0.711. The van der Waals surface area contributed by atoms with Gasteiger partial charge in [0, 0.05) is 13.1 Å². The summed E-state index contributed by atoms with van der Waals surface area (Å²) in [6, 6.07) is 3.75. The molecule has 2 aromatic heterocycles. The van der Waals surface area contributed by atoms with Gasteiger partial charge in [-0.15, -0.1) is 5.10 Å². The minimum atomic E-state index is 0.711. The molecule has 0 aliphatic carbocycles. The number of piperidine rings is 1. The van der Waals surface area contributed by atoms with Crippen LogP contribution in [0.2, 0.25) is 0 Å². The lowest BCUT2D eigenvalue weighted by molar-refractivity contribution is 0.568. The molecule has 2 N–H and O–H groups in total. The van der Waals surface area contributed by atoms with E-state index in [1.807, 2.05) is 12.1 Å². The molecule has 1 aliphatic rings. The highest BCUT2D eigenvalue weighted by atomic mass is 15.4. The van der Waals surface area contributed by atoms with Gasteiger partial charge in [-0.3, -0.25) is 0 Å². The number of rotatable bonds is 1. The zero-order valence-corrected chi connectivity index (χ0v) is 9.13. The number of nitrogens with zero attached hydrogens (tertiary/aromatic N) is 4. The van der Waals surface area contributed by atoms with Crippen LogP contribution in [-0.4, -0.2) is 27.7 Å². The number of hydrogen-bond acceptors (Lipinski definition) is 4. The molecule has 84 valence electrons. The summed E-state index contributed by atoms with van der Waals surface area (Å²) in [5.74, 6) is 0.824. The third-order valence-corrected chi connectivity index (χ3v) is 2.98. The van der Waals surface area contributed by atoms with Gasteiger partial charge < -0.3 is 10.6 Å². The molecule has 0 unspecified atom stereocenters. The summed E-state index contributed by atoms with van der Waals surface area (Å²) in [5, 5.41) is 4.45. The lowest BCUT2D eigenvalue weighted by Gasteiger charge is -2.24. The Morgan fingerprint density at radius 1 is 1.12 bits per heavy atom. The number of hydrogen-bond donors (Lipinski definition) is 1. The molecule has 16 heavy (non-hydrogen) atoms. The van der Waals surface area contributed by atoms with E-state index in [4.69, 9.17) is 5.73 Å². The Balaban J connectivity index is 1.97. The molecule has 1 fully saturated rings. The predicted molar refractivity (Wildman–Crippen MR) is 63.5 cm³/mol. The van der Waals surface area contributed by atoms with Crippen molar-refractivity contribution in [2.45, 2.75) is 19.3 Å². The van der Waals surface area contributed by atoms with Crippen molar-refractivity contribution in [1.29, 1.82) is 0 Å². The number of aromatic nitrogens is 3. The van der Waals surface area contributed by atoms with Crippen LogP contribution in [0.5, 0.6) is 0 Å². The molecule has 3 heterocycles. The third kappa shape index (κ3) is 1.58. The molecule has 0 aromatic carbocycles. The van der Waals surface area contributed by atoms with Gasteiger partial charge in [-0.1, -0.05) is 0 Å². The summed E-state index contributed by atoms with van der Waals surface area (Å²) >= 11 is 0. The minimum Gasteiger partial charge on any atom is -0.397 e. The van der Waals surface area contributed by atoms with Crippen LogP contribution in [0.15, 0.2) is 18.3 Å². The van der Waals surface area contributed by atoms with Gasteiger partial charge in [-0.25, -0.2) is 4.52 Å². The molecule has 0 atom stereocenters. The number of anilines is 2. The van der Waals surface area contributed by atoms with E-state index in [-0.39, 0.29) is 0 Å². The zero-order valence-electron chi connectivity index (χ0n) is 9.13. The fourth-order valence-corrected chi connectivity index (χ4v) is 2.12. The van der Waals surface area contributed by atoms with Gasteiger partial charge in [0.2, 0.25) is 5.95 Å². The second-order valence-corrected chi connectivity index (χ2v) is 4.22. The molecule has 0 bridgehead atoms. The van der Waals surface area contributed by atoms with Crippen LogP contribution in [0.25, 0.3) is 5.65 Å². The summed E-state index contributed by atoms with van der Waals surface area (Å²) in [7, 11) is 0. The fourth-order valence-electron chi connectivity index (χ4n) is 2.12. The van der Waals surface area contributed by atoms with Crippen molar-refractivity contribution >= 4 is 17.3 Å². The van der Waals surface area contributed by atoms with Crippen molar-refractivity contribution in [3.05, 3.63) is 18.3 Å².